The zero-order valence-corrected chi connectivity index (χ0v) is 9.52. The Morgan fingerprint density at radius 2 is 2.14 bits per heavy atom. The predicted octanol–water partition coefficient (Wildman–Crippen LogP) is 0.476. The molecule has 0 saturated heterocycles. The third kappa shape index (κ3) is 9.83. The minimum atomic E-state index is 0.0527. The molecule has 0 bridgehead atoms. The third-order valence-corrected chi connectivity index (χ3v) is 1.78. The van der Waals surface area contributed by atoms with Gasteiger partial charge in [0.25, 0.3) is 0 Å². The molecular formula is C9H19NO3S. The van der Waals surface area contributed by atoms with E-state index < -0.39 is 0 Å². The van der Waals surface area contributed by atoms with Gasteiger partial charge in [-0.2, -0.15) is 12.6 Å². The summed E-state index contributed by atoms with van der Waals surface area (Å²) in [7, 11) is 1.64. The van der Waals surface area contributed by atoms with Gasteiger partial charge in [0.1, 0.15) is 0 Å². The Kier molecular flexibility index (Phi) is 10.6. The molecule has 0 aliphatic rings. The molecule has 14 heavy (non-hydrogen) atoms. The molecule has 0 saturated carbocycles. The SMILES string of the molecule is COCCOCCCNC(=O)CCS. The quantitative estimate of drug-likeness (QED) is 0.440. The van der Waals surface area contributed by atoms with E-state index in [9.17, 15) is 4.79 Å². The molecular weight excluding hydrogens is 202 g/mol. The minimum Gasteiger partial charge on any atom is -0.382 e. The van der Waals surface area contributed by atoms with Gasteiger partial charge in [0.05, 0.1) is 13.2 Å². The molecule has 5 heteroatoms. The number of carbonyl (C=O) groups excluding carboxylic acids is 1. The largest absolute Gasteiger partial charge is 0.382 e. The highest BCUT2D eigenvalue weighted by Gasteiger charge is 1.97. The van der Waals surface area contributed by atoms with Gasteiger partial charge in [-0.25, -0.2) is 0 Å². The molecule has 0 heterocycles. The number of carbonyl (C=O) groups is 1. The monoisotopic (exact) mass is 221 g/mol. The number of rotatable bonds is 9. The molecule has 1 amide bonds. The third-order valence-electron chi connectivity index (χ3n) is 1.56. The van der Waals surface area contributed by atoms with Gasteiger partial charge in [-0.3, -0.25) is 4.79 Å². The highest BCUT2D eigenvalue weighted by atomic mass is 32.1. The number of hydrogen-bond donors (Lipinski definition) is 2. The maximum atomic E-state index is 11.0. The van der Waals surface area contributed by atoms with Crippen molar-refractivity contribution in [3.8, 4) is 0 Å². The van der Waals surface area contributed by atoms with Gasteiger partial charge in [-0.05, 0) is 12.2 Å². The highest BCUT2D eigenvalue weighted by molar-refractivity contribution is 7.80. The number of methoxy groups -OCH3 is 1. The van der Waals surface area contributed by atoms with Crippen LogP contribution < -0.4 is 5.32 Å². The molecule has 0 aromatic heterocycles. The van der Waals surface area contributed by atoms with Crippen LogP contribution in [0.15, 0.2) is 0 Å². The molecule has 0 rings (SSSR count). The molecule has 0 aliphatic heterocycles. The normalized spacial score (nSPS) is 10.1. The Morgan fingerprint density at radius 1 is 1.36 bits per heavy atom. The van der Waals surface area contributed by atoms with Gasteiger partial charge in [-0.15, -0.1) is 0 Å². The van der Waals surface area contributed by atoms with Crippen molar-refractivity contribution in [2.24, 2.45) is 0 Å². The van der Waals surface area contributed by atoms with E-state index >= 15 is 0 Å². The van der Waals surface area contributed by atoms with Gasteiger partial charge in [0, 0.05) is 26.7 Å². The lowest BCUT2D eigenvalue weighted by molar-refractivity contribution is -0.120. The van der Waals surface area contributed by atoms with Crippen molar-refractivity contribution >= 4 is 18.5 Å². The van der Waals surface area contributed by atoms with Crippen molar-refractivity contribution in [3.63, 3.8) is 0 Å². The fraction of sp³-hybridized carbons (Fsp3) is 0.889. The maximum Gasteiger partial charge on any atom is 0.220 e. The Balaban J connectivity index is 3.01. The summed E-state index contributed by atoms with van der Waals surface area (Å²) >= 11 is 3.96. The lowest BCUT2D eigenvalue weighted by atomic mass is 10.4. The Labute approximate surface area is 90.8 Å². The van der Waals surface area contributed by atoms with Crippen molar-refractivity contribution < 1.29 is 14.3 Å². The first-order valence-electron chi connectivity index (χ1n) is 4.75. The summed E-state index contributed by atoms with van der Waals surface area (Å²) in [6.07, 6.45) is 1.32. The second-order valence-electron chi connectivity index (χ2n) is 2.78. The van der Waals surface area contributed by atoms with Crippen LogP contribution in [0.25, 0.3) is 0 Å². The lowest BCUT2D eigenvalue weighted by Crippen LogP contribution is -2.25. The van der Waals surface area contributed by atoms with Crippen LogP contribution in [0.3, 0.4) is 0 Å². The van der Waals surface area contributed by atoms with E-state index in [1.807, 2.05) is 0 Å². The minimum absolute atomic E-state index is 0.0527. The van der Waals surface area contributed by atoms with Crippen molar-refractivity contribution in [2.45, 2.75) is 12.8 Å². The smallest absolute Gasteiger partial charge is 0.220 e. The van der Waals surface area contributed by atoms with Crippen LogP contribution in [-0.4, -0.2) is 45.1 Å². The summed E-state index contributed by atoms with van der Waals surface area (Å²) in [4.78, 5) is 11.0. The summed E-state index contributed by atoms with van der Waals surface area (Å²) in [5, 5.41) is 2.78. The molecule has 0 radical (unpaired) electrons. The Morgan fingerprint density at radius 3 is 2.79 bits per heavy atom. The lowest BCUT2D eigenvalue weighted by Gasteiger charge is -2.05. The second-order valence-corrected chi connectivity index (χ2v) is 3.23. The zero-order valence-electron chi connectivity index (χ0n) is 8.62. The van der Waals surface area contributed by atoms with Crippen LogP contribution in [0.2, 0.25) is 0 Å². The predicted molar refractivity (Wildman–Crippen MR) is 58.8 cm³/mol. The van der Waals surface area contributed by atoms with Crippen molar-refractivity contribution in [1.29, 1.82) is 0 Å². The number of amides is 1. The molecule has 84 valence electrons. The summed E-state index contributed by atoms with van der Waals surface area (Å²) in [6, 6.07) is 0. The molecule has 0 unspecified atom stereocenters. The first kappa shape index (κ1) is 13.7. The first-order valence-corrected chi connectivity index (χ1v) is 5.38. The average molecular weight is 221 g/mol. The molecule has 1 N–H and O–H groups in total. The van der Waals surface area contributed by atoms with Crippen LogP contribution in [0.1, 0.15) is 12.8 Å². The molecule has 0 spiro atoms. The molecule has 0 atom stereocenters. The highest BCUT2D eigenvalue weighted by Crippen LogP contribution is 1.85. The van der Waals surface area contributed by atoms with Gasteiger partial charge < -0.3 is 14.8 Å². The van der Waals surface area contributed by atoms with Crippen LogP contribution in [0, 0.1) is 0 Å². The van der Waals surface area contributed by atoms with Crippen molar-refractivity contribution in [2.75, 3.05) is 39.2 Å². The standard InChI is InChI=1S/C9H19NO3S/c1-12-6-7-13-5-2-4-10-9(11)3-8-14/h14H,2-8H2,1H3,(H,10,11). The van der Waals surface area contributed by atoms with E-state index in [1.165, 1.54) is 0 Å². The topological polar surface area (TPSA) is 47.6 Å². The molecule has 4 nitrogen and oxygen atoms in total. The van der Waals surface area contributed by atoms with E-state index in [-0.39, 0.29) is 5.91 Å². The Bertz CT molecular complexity index is 144. The van der Waals surface area contributed by atoms with E-state index in [0.29, 0.717) is 38.5 Å². The number of thiol groups is 1. The summed E-state index contributed by atoms with van der Waals surface area (Å²) in [5.41, 5.74) is 0. The van der Waals surface area contributed by atoms with E-state index in [2.05, 4.69) is 17.9 Å². The molecule has 0 aromatic rings. The summed E-state index contributed by atoms with van der Waals surface area (Å²) in [6.45, 7) is 2.55. The number of ether oxygens (including phenoxy) is 2. The van der Waals surface area contributed by atoms with E-state index in [4.69, 9.17) is 9.47 Å². The van der Waals surface area contributed by atoms with Crippen LogP contribution in [0.5, 0.6) is 0 Å². The Hall–Kier alpha value is -0.260. The van der Waals surface area contributed by atoms with Gasteiger partial charge in [0.15, 0.2) is 0 Å². The van der Waals surface area contributed by atoms with Crippen LogP contribution in [-0.2, 0) is 14.3 Å². The molecule has 0 aliphatic carbocycles. The maximum absolute atomic E-state index is 11.0. The van der Waals surface area contributed by atoms with Gasteiger partial charge in [0.2, 0.25) is 5.91 Å². The van der Waals surface area contributed by atoms with Crippen LogP contribution in [0.4, 0.5) is 0 Å². The summed E-state index contributed by atoms with van der Waals surface area (Å²) in [5.74, 6) is 0.646. The fourth-order valence-corrected chi connectivity index (χ4v) is 1.04. The van der Waals surface area contributed by atoms with Gasteiger partial charge in [-0.1, -0.05) is 0 Å². The second kappa shape index (κ2) is 10.8. The number of nitrogens with one attached hydrogen (secondary N) is 1. The zero-order chi connectivity index (χ0) is 10.6. The van der Waals surface area contributed by atoms with Crippen molar-refractivity contribution in [3.05, 3.63) is 0 Å². The van der Waals surface area contributed by atoms with E-state index in [1.54, 1.807) is 7.11 Å². The van der Waals surface area contributed by atoms with Crippen LogP contribution >= 0.6 is 12.6 Å². The van der Waals surface area contributed by atoms with Gasteiger partial charge >= 0.3 is 0 Å². The number of hydrogen-bond acceptors (Lipinski definition) is 4. The van der Waals surface area contributed by atoms with Crippen molar-refractivity contribution in [1.82, 2.24) is 5.32 Å². The fourth-order valence-electron chi connectivity index (χ4n) is 0.836. The molecule has 0 aromatic carbocycles. The van der Waals surface area contributed by atoms with E-state index in [0.717, 1.165) is 6.42 Å². The average Bonchev–Trinajstić information content (AvgIpc) is 2.17. The first-order chi connectivity index (χ1) is 6.81. The summed E-state index contributed by atoms with van der Waals surface area (Å²) < 4.78 is 10.0. The molecule has 0 fully saturated rings.